The highest BCUT2D eigenvalue weighted by molar-refractivity contribution is 7.91. The summed E-state index contributed by atoms with van der Waals surface area (Å²) >= 11 is 0. The summed E-state index contributed by atoms with van der Waals surface area (Å²) in [6.07, 6.45) is 2.65. The fraction of sp³-hybridized carbons (Fsp3) is 0.429. The minimum atomic E-state index is -3.37. The molecule has 1 rings (SSSR count). The summed E-state index contributed by atoms with van der Waals surface area (Å²) in [5.41, 5.74) is 0. The number of rotatable bonds is 4. The minimum Gasteiger partial charge on any atom is -0.245 e. The SMILES string of the molecule is [O]CCCS(=O)(=O)c1ccncn1. The Labute approximate surface area is 76.4 Å². The fourth-order valence-corrected chi connectivity index (χ4v) is 2.00. The van der Waals surface area contributed by atoms with E-state index in [4.69, 9.17) is 0 Å². The quantitative estimate of drug-likeness (QED) is 0.646. The van der Waals surface area contributed by atoms with E-state index in [0.717, 1.165) is 0 Å². The highest BCUT2D eigenvalue weighted by atomic mass is 32.2. The fourth-order valence-electron chi connectivity index (χ4n) is 0.816. The van der Waals surface area contributed by atoms with E-state index in [1.807, 2.05) is 0 Å². The number of sulfone groups is 1. The first-order valence-corrected chi connectivity index (χ1v) is 5.39. The van der Waals surface area contributed by atoms with Gasteiger partial charge in [0.05, 0.1) is 12.4 Å². The predicted molar refractivity (Wildman–Crippen MR) is 44.3 cm³/mol. The molecule has 1 aromatic rings. The Bertz CT molecular complexity index is 349. The van der Waals surface area contributed by atoms with Gasteiger partial charge < -0.3 is 0 Å². The standard InChI is InChI=1S/C7H9N2O3S/c10-4-1-5-13(11,12)7-2-3-8-6-9-7/h2-3,6H,1,4-5H2. The van der Waals surface area contributed by atoms with Gasteiger partial charge in [0.2, 0.25) is 0 Å². The number of hydrogen-bond donors (Lipinski definition) is 0. The summed E-state index contributed by atoms with van der Waals surface area (Å²) in [7, 11) is -3.37. The normalized spacial score (nSPS) is 11.5. The van der Waals surface area contributed by atoms with Gasteiger partial charge in [-0.3, -0.25) is 0 Å². The molecule has 0 atom stereocenters. The van der Waals surface area contributed by atoms with Crippen LogP contribution in [0.15, 0.2) is 23.6 Å². The molecule has 0 aliphatic heterocycles. The van der Waals surface area contributed by atoms with E-state index < -0.39 is 9.84 Å². The summed E-state index contributed by atoms with van der Waals surface area (Å²) in [5, 5.41) is 10.1. The third kappa shape index (κ3) is 2.74. The van der Waals surface area contributed by atoms with Gasteiger partial charge >= 0.3 is 0 Å². The molecule has 0 unspecified atom stereocenters. The average molecular weight is 201 g/mol. The molecule has 0 amide bonds. The third-order valence-electron chi connectivity index (χ3n) is 1.43. The molecular weight excluding hydrogens is 192 g/mol. The Morgan fingerprint density at radius 3 is 2.69 bits per heavy atom. The van der Waals surface area contributed by atoms with Crippen LogP contribution in [0, 0.1) is 0 Å². The molecule has 0 fully saturated rings. The highest BCUT2D eigenvalue weighted by Crippen LogP contribution is 2.06. The van der Waals surface area contributed by atoms with Crippen molar-refractivity contribution in [3.63, 3.8) is 0 Å². The van der Waals surface area contributed by atoms with E-state index in [2.05, 4.69) is 9.97 Å². The van der Waals surface area contributed by atoms with Crippen LogP contribution in [0.5, 0.6) is 0 Å². The van der Waals surface area contributed by atoms with Crippen LogP contribution in [0.1, 0.15) is 6.42 Å². The van der Waals surface area contributed by atoms with Gasteiger partial charge in [-0.25, -0.2) is 23.5 Å². The Morgan fingerprint density at radius 2 is 2.15 bits per heavy atom. The van der Waals surface area contributed by atoms with Gasteiger partial charge in [0.15, 0.2) is 14.9 Å². The molecule has 0 aliphatic carbocycles. The Balaban J connectivity index is 2.83. The van der Waals surface area contributed by atoms with E-state index in [0.29, 0.717) is 0 Å². The van der Waals surface area contributed by atoms with Crippen molar-refractivity contribution in [2.75, 3.05) is 12.4 Å². The van der Waals surface area contributed by atoms with Crippen LogP contribution in [-0.4, -0.2) is 30.7 Å². The van der Waals surface area contributed by atoms with E-state index in [1.165, 1.54) is 18.6 Å². The van der Waals surface area contributed by atoms with Crippen molar-refractivity contribution >= 4 is 9.84 Å². The molecule has 0 bridgehead atoms. The molecule has 0 saturated carbocycles. The lowest BCUT2D eigenvalue weighted by Crippen LogP contribution is -2.09. The monoisotopic (exact) mass is 201 g/mol. The van der Waals surface area contributed by atoms with Gasteiger partial charge in [0, 0.05) is 6.20 Å². The first-order valence-electron chi connectivity index (χ1n) is 3.74. The van der Waals surface area contributed by atoms with Crippen molar-refractivity contribution in [3.8, 4) is 0 Å². The van der Waals surface area contributed by atoms with Crippen LogP contribution in [0.25, 0.3) is 0 Å². The zero-order chi connectivity index (χ0) is 9.73. The Hall–Kier alpha value is -1.01. The maximum atomic E-state index is 11.4. The van der Waals surface area contributed by atoms with Crippen molar-refractivity contribution in [1.82, 2.24) is 9.97 Å². The summed E-state index contributed by atoms with van der Waals surface area (Å²) in [6, 6.07) is 1.32. The molecule has 0 saturated heterocycles. The second-order valence-electron chi connectivity index (χ2n) is 2.42. The molecular formula is C7H9N2O3S. The van der Waals surface area contributed by atoms with Gasteiger partial charge in [-0.2, -0.15) is 0 Å². The van der Waals surface area contributed by atoms with Gasteiger partial charge in [-0.15, -0.1) is 0 Å². The topological polar surface area (TPSA) is 79.8 Å². The predicted octanol–water partition coefficient (Wildman–Crippen LogP) is 0.0709. The first kappa shape index (κ1) is 10.1. The van der Waals surface area contributed by atoms with Crippen LogP contribution in [0.2, 0.25) is 0 Å². The largest absolute Gasteiger partial charge is 0.245 e. The van der Waals surface area contributed by atoms with Crippen LogP contribution < -0.4 is 0 Å². The lowest BCUT2D eigenvalue weighted by Gasteiger charge is -1.99. The molecule has 6 heteroatoms. The summed E-state index contributed by atoms with van der Waals surface area (Å²) in [6.45, 7) is -0.385. The molecule has 0 spiro atoms. The summed E-state index contributed by atoms with van der Waals surface area (Å²) in [4.78, 5) is 7.20. The molecule has 1 aromatic heterocycles. The van der Waals surface area contributed by atoms with Crippen LogP contribution in [0.4, 0.5) is 0 Å². The second-order valence-corrected chi connectivity index (χ2v) is 4.48. The lowest BCUT2D eigenvalue weighted by atomic mass is 10.5. The van der Waals surface area contributed by atoms with Gasteiger partial charge in [-0.05, 0) is 12.5 Å². The van der Waals surface area contributed by atoms with E-state index in [1.54, 1.807) is 0 Å². The first-order chi connectivity index (χ1) is 6.17. The molecule has 0 N–H and O–H groups in total. The lowest BCUT2D eigenvalue weighted by molar-refractivity contribution is 0.194. The molecule has 5 nitrogen and oxygen atoms in total. The second kappa shape index (κ2) is 4.29. The molecule has 1 heterocycles. The Morgan fingerprint density at radius 1 is 1.38 bits per heavy atom. The van der Waals surface area contributed by atoms with Crippen LogP contribution in [0.3, 0.4) is 0 Å². The molecule has 1 radical (unpaired) electrons. The minimum absolute atomic E-state index is 0.0176. The van der Waals surface area contributed by atoms with Crippen molar-refractivity contribution in [1.29, 1.82) is 0 Å². The molecule has 13 heavy (non-hydrogen) atoms. The smallest absolute Gasteiger partial charge is 0.195 e. The van der Waals surface area contributed by atoms with E-state index in [9.17, 15) is 13.5 Å². The van der Waals surface area contributed by atoms with Crippen molar-refractivity contribution in [3.05, 3.63) is 18.6 Å². The van der Waals surface area contributed by atoms with Crippen molar-refractivity contribution in [2.45, 2.75) is 11.4 Å². The van der Waals surface area contributed by atoms with Crippen LogP contribution >= 0.6 is 0 Å². The molecule has 71 valence electrons. The van der Waals surface area contributed by atoms with Gasteiger partial charge in [0.1, 0.15) is 6.33 Å². The van der Waals surface area contributed by atoms with E-state index in [-0.39, 0.29) is 23.8 Å². The number of nitrogens with zero attached hydrogens (tertiary/aromatic N) is 2. The number of hydrogen-bond acceptors (Lipinski definition) is 4. The van der Waals surface area contributed by atoms with Crippen molar-refractivity contribution < 1.29 is 13.5 Å². The van der Waals surface area contributed by atoms with E-state index >= 15 is 0 Å². The average Bonchev–Trinajstić information content (AvgIpc) is 2.16. The maximum absolute atomic E-state index is 11.4. The molecule has 0 aromatic carbocycles. The Kier molecular flexibility index (Phi) is 3.32. The highest BCUT2D eigenvalue weighted by Gasteiger charge is 2.14. The van der Waals surface area contributed by atoms with Gasteiger partial charge in [-0.1, -0.05) is 0 Å². The van der Waals surface area contributed by atoms with Crippen LogP contribution in [-0.2, 0) is 14.9 Å². The zero-order valence-corrected chi connectivity index (χ0v) is 7.70. The maximum Gasteiger partial charge on any atom is 0.195 e. The third-order valence-corrected chi connectivity index (χ3v) is 3.14. The van der Waals surface area contributed by atoms with Crippen molar-refractivity contribution in [2.24, 2.45) is 0 Å². The number of aromatic nitrogens is 2. The zero-order valence-electron chi connectivity index (χ0n) is 6.88. The van der Waals surface area contributed by atoms with Gasteiger partial charge in [0.25, 0.3) is 0 Å². The summed E-state index contributed by atoms with van der Waals surface area (Å²) < 4.78 is 22.7. The summed E-state index contributed by atoms with van der Waals surface area (Å²) in [5.74, 6) is -0.145. The molecule has 0 aliphatic rings.